The number of ether oxygens (including phenoxy) is 2. The Hall–Kier alpha value is -1.32. The summed E-state index contributed by atoms with van der Waals surface area (Å²) < 4.78 is 10.3. The van der Waals surface area contributed by atoms with Crippen LogP contribution in [0.3, 0.4) is 0 Å². The van der Waals surface area contributed by atoms with Crippen molar-refractivity contribution in [1.82, 2.24) is 0 Å². The van der Waals surface area contributed by atoms with Crippen LogP contribution in [0.2, 0.25) is 0 Å². The normalized spacial score (nSPS) is 10.9. The minimum Gasteiger partial charge on any atom is -0.466 e. The molecule has 0 N–H and O–H groups in total. The summed E-state index contributed by atoms with van der Waals surface area (Å²) in [6.45, 7) is 5.21. The minimum atomic E-state index is -0.0882. The molecule has 24 heavy (non-hydrogen) atoms. The predicted molar refractivity (Wildman–Crippen MR) is 97.8 cm³/mol. The summed E-state index contributed by atoms with van der Waals surface area (Å²) in [6, 6.07) is 0. The van der Waals surface area contributed by atoms with Gasteiger partial charge >= 0.3 is 11.9 Å². The highest BCUT2D eigenvalue weighted by atomic mass is 16.5. The van der Waals surface area contributed by atoms with Crippen LogP contribution in [0, 0.1) is 0 Å². The van der Waals surface area contributed by atoms with Crippen LogP contribution in [0.1, 0.15) is 90.9 Å². The second-order valence-corrected chi connectivity index (χ2v) is 6.08. The van der Waals surface area contributed by atoms with Crippen molar-refractivity contribution in [2.24, 2.45) is 0 Å². The van der Waals surface area contributed by atoms with Crippen molar-refractivity contribution in [3.8, 4) is 0 Å². The van der Waals surface area contributed by atoms with Crippen molar-refractivity contribution in [3.63, 3.8) is 0 Å². The van der Waals surface area contributed by atoms with Gasteiger partial charge in [0.05, 0.1) is 13.2 Å². The molecule has 0 aromatic carbocycles. The van der Waals surface area contributed by atoms with Crippen LogP contribution >= 0.6 is 0 Å². The molecule has 0 spiro atoms. The van der Waals surface area contributed by atoms with Gasteiger partial charge < -0.3 is 9.47 Å². The maximum Gasteiger partial charge on any atom is 0.305 e. The van der Waals surface area contributed by atoms with E-state index in [2.05, 4.69) is 19.9 Å². The van der Waals surface area contributed by atoms with Gasteiger partial charge in [0, 0.05) is 12.8 Å². The van der Waals surface area contributed by atoms with E-state index < -0.39 is 0 Å². The van der Waals surface area contributed by atoms with Crippen LogP contribution < -0.4 is 0 Å². The van der Waals surface area contributed by atoms with Gasteiger partial charge in [-0.25, -0.2) is 0 Å². The summed E-state index contributed by atoms with van der Waals surface area (Å²) in [7, 11) is 0. The van der Waals surface area contributed by atoms with E-state index in [4.69, 9.17) is 9.47 Å². The molecule has 0 saturated heterocycles. The predicted octanol–water partition coefficient (Wildman–Crippen LogP) is 5.35. The molecule has 0 radical (unpaired) electrons. The minimum absolute atomic E-state index is 0.0695. The van der Waals surface area contributed by atoms with Gasteiger partial charge in [-0.05, 0) is 32.1 Å². The zero-order valence-electron chi connectivity index (χ0n) is 15.7. The molecule has 4 heteroatoms. The number of unbranched alkanes of at least 4 members (excludes halogenated alkanes) is 6. The molecule has 0 aromatic rings. The van der Waals surface area contributed by atoms with E-state index in [-0.39, 0.29) is 11.9 Å². The number of carbonyl (C=O) groups excluding carboxylic acids is 2. The van der Waals surface area contributed by atoms with Crippen molar-refractivity contribution >= 4 is 11.9 Å². The molecule has 0 aliphatic rings. The monoisotopic (exact) mass is 340 g/mol. The average Bonchev–Trinajstić information content (AvgIpc) is 2.57. The second-order valence-electron chi connectivity index (χ2n) is 6.08. The van der Waals surface area contributed by atoms with Gasteiger partial charge in [-0.2, -0.15) is 0 Å². The van der Waals surface area contributed by atoms with Crippen molar-refractivity contribution in [2.45, 2.75) is 90.9 Å². The summed E-state index contributed by atoms with van der Waals surface area (Å²) in [6.07, 6.45) is 15.1. The lowest BCUT2D eigenvalue weighted by Crippen LogP contribution is -2.05. The number of esters is 2. The largest absolute Gasteiger partial charge is 0.466 e. The SMILES string of the molecule is CC/C=C/CCOC(=O)CCCCCCCCC(=O)OCCCC. The smallest absolute Gasteiger partial charge is 0.305 e. The third-order valence-electron chi connectivity index (χ3n) is 3.72. The third-order valence-corrected chi connectivity index (χ3v) is 3.72. The number of carbonyl (C=O) groups is 2. The van der Waals surface area contributed by atoms with Gasteiger partial charge in [-0.3, -0.25) is 9.59 Å². The highest BCUT2D eigenvalue weighted by Crippen LogP contribution is 2.10. The Morgan fingerprint density at radius 2 is 1.25 bits per heavy atom. The number of allylic oxidation sites excluding steroid dienone is 1. The van der Waals surface area contributed by atoms with Gasteiger partial charge in [0.25, 0.3) is 0 Å². The Morgan fingerprint density at radius 1 is 0.708 bits per heavy atom. The summed E-state index contributed by atoms with van der Waals surface area (Å²) in [5.74, 6) is -0.158. The van der Waals surface area contributed by atoms with Crippen LogP contribution in [0.25, 0.3) is 0 Å². The van der Waals surface area contributed by atoms with Gasteiger partial charge in [0.1, 0.15) is 0 Å². The van der Waals surface area contributed by atoms with E-state index in [1.54, 1.807) is 0 Å². The average molecular weight is 341 g/mol. The molecule has 0 atom stereocenters. The maximum atomic E-state index is 11.5. The molecule has 0 bridgehead atoms. The van der Waals surface area contributed by atoms with Gasteiger partial charge in [-0.15, -0.1) is 0 Å². The molecule has 0 aliphatic heterocycles. The van der Waals surface area contributed by atoms with Crippen molar-refractivity contribution in [1.29, 1.82) is 0 Å². The first-order valence-corrected chi connectivity index (χ1v) is 9.66. The Labute approximate surface area is 148 Å². The molecular formula is C20H36O4. The molecule has 0 fully saturated rings. The highest BCUT2D eigenvalue weighted by Gasteiger charge is 2.03. The quantitative estimate of drug-likeness (QED) is 0.216. The van der Waals surface area contributed by atoms with Gasteiger partial charge in [0.15, 0.2) is 0 Å². The standard InChI is InChI=1S/C20H36O4/c1-3-5-7-14-18-24-20(22)16-13-11-9-8-10-12-15-19(21)23-17-6-4-2/h5,7H,3-4,6,8-18H2,1-2H3/b7-5+. The first kappa shape index (κ1) is 22.7. The third kappa shape index (κ3) is 17.0. The lowest BCUT2D eigenvalue weighted by molar-refractivity contribution is -0.144. The zero-order chi connectivity index (χ0) is 17.9. The Bertz CT molecular complexity index is 337. The Morgan fingerprint density at radius 3 is 1.79 bits per heavy atom. The molecular weight excluding hydrogens is 304 g/mol. The summed E-state index contributed by atoms with van der Waals surface area (Å²) >= 11 is 0. The summed E-state index contributed by atoms with van der Waals surface area (Å²) in [5.41, 5.74) is 0. The highest BCUT2D eigenvalue weighted by molar-refractivity contribution is 5.69. The maximum absolute atomic E-state index is 11.5. The second kappa shape index (κ2) is 18.0. The molecule has 140 valence electrons. The van der Waals surface area contributed by atoms with Crippen molar-refractivity contribution < 1.29 is 19.1 Å². The Kier molecular flexibility index (Phi) is 17.0. The van der Waals surface area contributed by atoms with E-state index in [0.29, 0.717) is 26.1 Å². The van der Waals surface area contributed by atoms with E-state index in [1.165, 1.54) is 0 Å². The van der Waals surface area contributed by atoms with Gasteiger partial charge in [-0.1, -0.05) is 58.1 Å². The molecule has 0 amide bonds. The van der Waals surface area contributed by atoms with Crippen LogP contribution in [-0.2, 0) is 19.1 Å². The first-order valence-electron chi connectivity index (χ1n) is 9.66. The molecule has 0 aliphatic carbocycles. The van der Waals surface area contributed by atoms with Gasteiger partial charge in [0.2, 0.25) is 0 Å². The molecule has 0 saturated carbocycles. The first-order chi connectivity index (χ1) is 11.7. The van der Waals surface area contributed by atoms with E-state index in [0.717, 1.165) is 64.2 Å². The molecule has 0 rings (SSSR count). The molecule has 4 nitrogen and oxygen atoms in total. The van der Waals surface area contributed by atoms with Crippen LogP contribution in [0.15, 0.2) is 12.2 Å². The summed E-state index contributed by atoms with van der Waals surface area (Å²) in [5, 5.41) is 0. The van der Waals surface area contributed by atoms with E-state index >= 15 is 0 Å². The van der Waals surface area contributed by atoms with Crippen LogP contribution in [0.5, 0.6) is 0 Å². The lowest BCUT2D eigenvalue weighted by atomic mass is 10.1. The Balaban J connectivity index is 3.28. The van der Waals surface area contributed by atoms with Crippen LogP contribution in [-0.4, -0.2) is 25.2 Å². The fourth-order valence-corrected chi connectivity index (χ4v) is 2.25. The van der Waals surface area contributed by atoms with E-state index in [9.17, 15) is 9.59 Å². The van der Waals surface area contributed by atoms with Crippen molar-refractivity contribution in [3.05, 3.63) is 12.2 Å². The zero-order valence-corrected chi connectivity index (χ0v) is 15.7. The van der Waals surface area contributed by atoms with E-state index in [1.807, 2.05) is 6.08 Å². The summed E-state index contributed by atoms with van der Waals surface area (Å²) in [4.78, 5) is 22.9. The molecule has 0 unspecified atom stereocenters. The fourth-order valence-electron chi connectivity index (χ4n) is 2.25. The number of rotatable bonds is 16. The number of hydrogen-bond acceptors (Lipinski definition) is 4. The van der Waals surface area contributed by atoms with Crippen molar-refractivity contribution in [2.75, 3.05) is 13.2 Å². The lowest BCUT2D eigenvalue weighted by Gasteiger charge is -2.04. The number of hydrogen-bond donors (Lipinski definition) is 0. The van der Waals surface area contributed by atoms with Crippen LogP contribution in [0.4, 0.5) is 0 Å². The fraction of sp³-hybridized carbons (Fsp3) is 0.800. The molecule has 0 heterocycles. The molecule has 0 aromatic heterocycles. The topological polar surface area (TPSA) is 52.6 Å².